The first-order valence-corrected chi connectivity index (χ1v) is 9.51. The molecule has 1 aliphatic heterocycles. The van der Waals surface area contributed by atoms with Crippen molar-refractivity contribution < 1.29 is 0 Å². The molecule has 0 aliphatic carbocycles. The molecule has 6 nitrogen and oxygen atoms in total. The van der Waals surface area contributed by atoms with Crippen molar-refractivity contribution in [2.45, 2.75) is 45.8 Å². The molecular weight excluding hydrogens is 336 g/mol. The summed E-state index contributed by atoms with van der Waals surface area (Å²) in [7, 11) is 0. The third kappa shape index (κ3) is 3.71. The number of fused-ring (bicyclic) bond motifs is 1. The topological polar surface area (TPSA) is 69.7 Å². The van der Waals surface area contributed by atoms with Gasteiger partial charge in [0, 0.05) is 49.2 Å². The van der Waals surface area contributed by atoms with Gasteiger partial charge in [0.2, 0.25) is 5.95 Å². The van der Waals surface area contributed by atoms with Crippen molar-refractivity contribution in [2.75, 3.05) is 11.9 Å². The molecule has 0 radical (unpaired) electrons. The van der Waals surface area contributed by atoms with Crippen molar-refractivity contribution in [3.05, 3.63) is 71.1 Å². The monoisotopic (exact) mass is 362 g/mol. The first kappa shape index (κ1) is 17.7. The van der Waals surface area contributed by atoms with Crippen LogP contribution in [0.1, 0.15) is 48.0 Å². The minimum atomic E-state index is 0.0627. The number of rotatable bonds is 5. The SMILES string of the molecule is Cc1ccccc1CN1CCc2[nH]cnc2[C@@H]1c1cnc(NC(C)C)nc1. The fraction of sp³-hybridized carbons (Fsp3) is 0.381. The van der Waals surface area contributed by atoms with Crippen molar-refractivity contribution in [1.82, 2.24) is 24.8 Å². The fourth-order valence-corrected chi connectivity index (χ4v) is 3.68. The van der Waals surface area contributed by atoms with Crippen molar-refractivity contribution >= 4 is 5.95 Å². The van der Waals surface area contributed by atoms with Crippen LogP contribution in [0.15, 0.2) is 43.0 Å². The lowest BCUT2D eigenvalue weighted by atomic mass is 9.96. The zero-order valence-corrected chi connectivity index (χ0v) is 16.1. The summed E-state index contributed by atoms with van der Waals surface area (Å²) in [5.41, 5.74) is 6.04. The highest BCUT2D eigenvalue weighted by Crippen LogP contribution is 2.34. The second kappa shape index (κ2) is 7.48. The highest BCUT2D eigenvalue weighted by Gasteiger charge is 2.31. The Hall–Kier alpha value is -2.73. The minimum Gasteiger partial charge on any atom is -0.352 e. The van der Waals surface area contributed by atoms with Gasteiger partial charge in [-0.3, -0.25) is 4.90 Å². The van der Waals surface area contributed by atoms with Crippen molar-refractivity contribution in [3.8, 4) is 0 Å². The second-order valence-electron chi connectivity index (χ2n) is 7.45. The van der Waals surface area contributed by atoms with E-state index in [2.05, 4.69) is 75.2 Å². The van der Waals surface area contributed by atoms with Gasteiger partial charge in [-0.25, -0.2) is 15.0 Å². The van der Waals surface area contributed by atoms with E-state index in [1.165, 1.54) is 16.8 Å². The van der Waals surface area contributed by atoms with E-state index in [1.807, 2.05) is 12.4 Å². The summed E-state index contributed by atoms with van der Waals surface area (Å²) in [6.07, 6.45) is 6.63. The Bertz CT molecular complexity index is 899. The number of hydrogen-bond acceptors (Lipinski definition) is 5. The molecule has 27 heavy (non-hydrogen) atoms. The molecule has 0 bridgehead atoms. The van der Waals surface area contributed by atoms with E-state index in [0.29, 0.717) is 12.0 Å². The molecule has 3 heterocycles. The van der Waals surface area contributed by atoms with Crippen LogP contribution < -0.4 is 5.32 Å². The number of aryl methyl sites for hydroxylation is 1. The maximum absolute atomic E-state index is 4.63. The Balaban J connectivity index is 1.66. The van der Waals surface area contributed by atoms with Gasteiger partial charge in [0.25, 0.3) is 0 Å². The number of nitrogens with one attached hydrogen (secondary N) is 2. The summed E-state index contributed by atoms with van der Waals surface area (Å²) in [5.74, 6) is 0.664. The number of hydrogen-bond donors (Lipinski definition) is 2. The summed E-state index contributed by atoms with van der Waals surface area (Å²) < 4.78 is 0. The van der Waals surface area contributed by atoms with Crippen LogP contribution in [0.2, 0.25) is 0 Å². The molecule has 1 aromatic carbocycles. The normalized spacial score (nSPS) is 17.1. The lowest BCUT2D eigenvalue weighted by Gasteiger charge is -2.35. The molecule has 0 fully saturated rings. The van der Waals surface area contributed by atoms with E-state index >= 15 is 0 Å². The van der Waals surface area contributed by atoms with Gasteiger partial charge in [0.05, 0.1) is 18.1 Å². The van der Waals surface area contributed by atoms with E-state index in [0.717, 1.165) is 30.8 Å². The smallest absolute Gasteiger partial charge is 0.222 e. The maximum Gasteiger partial charge on any atom is 0.222 e. The van der Waals surface area contributed by atoms with Gasteiger partial charge in [-0.1, -0.05) is 24.3 Å². The molecule has 2 aromatic heterocycles. The van der Waals surface area contributed by atoms with Gasteiger partial charge < -0.3 is 10.3 Å². The van der Waals surface area contributed by atoms with E-state index in [-0.39, 0.29) is 6.04 Å². The molecule has 2 N–H and O–H groups in total. The summed E-state index contributed by atoms with van der Waals surface area (Å²) in [5, 5.41) is 3.25. The summed E-state index contributed by atoms with van der Waals surface area (Å²) >= 11 is 0. The van der Waals surface area contributed by atoms with Crippen LogP contribution in [0.25, 0.3) is 0 Å². The Morgan fingerprint density at radius 3 is 2.70 bits per heavy atom. The lowest BCUT2D eigenvalue weighted by Crippen LogP contribution is -2.36. The molecule has 0 saturated carbocycles. The lowest BCUT2D eigenvalue weighted by molar-refractivity contribution is 0.199. The number of nitrogens with zero attached hydrogens (tertiary/aromatic N) is 4. The number of aromatic nitrogens is 4. The van der Waals surface area contributed by atoms with Crippen molar-refractivity contribution in [1.29, 1.82) is 0 Å². The van der Waals surface area contributed by atoms with Gasteiger partial charge in [0.15, 0.2) is 0 Å². The van der Waals surface area contributed by atoms with Crippen LogP contribution in [-0.2, 0) is 13.0 Å². The summed E-state index contributed by atoms with van der Waals surface area (Å²) in [6.45, 7) is 8.19. The molecule has 0 amide bonds. The molecule has 0 spiro atoms. The van der Waals surface area contributed by atoms with E-state index in [4.69, 9.17) is 0 Å². The second-order valence-corrected chi connectivity index (χ2v) is 7.45. The van der Waals surface area contributed by atoms with Gasteiger partial charge in [0.1, 0.15) is 0 Å². The molecule has 0 unspecified atom stereocenters. The Morgan fingerprint density at radius 1 is 1.19 bits per heavy atom. The van der Waals surface area contributed by atoms with Gasteiger partial charge in [-0.05, 0) is 31.9 Å². The van der Waals surface area contributed by atoms with Crippen LogP contribution in [0.3, 0.4) is 0 Å². The maximum atomic E-state index is 4.63. The molecular formula is C21H26N6. The zero-order valence-electron chi connectivity index (χ0n) is 16.1. The molecule has 4 rings (SSSR count). The highest BCUT2D eigenvalue weighted by atomic mass is 15.2. The highest BCUT2D eigenvalue weighted by molar-refractivity contribution is 5.34. The minimum absolute atomic E-state index is 0.0627. The molecule has 140 valence electrons. The average molecular weight is 362 g/mol. The van der Waals surface area contributed by atoms with Crippen LogP contribution in [-0.4, -0.2) is 37.4 Å². The molecule has 0 saturated heterocycles. The van der Waals surface area contributed by atoms with Gasteiger partial charge in [-0.15, -0.1) is 0 Å². The number of imidazole rings is 1. The molecule has 6 heteroatoms. The zero-order chi connectivity index (χ0) is 18.8. The van der Waals surface area contributed by atoms with Gasteiger partial charge in [-0.2, -0.15) is 0 Å². The predicted molar refractivity (Wildman–Crippen MR) is 107 cm³/mol. The van der Waals surface area contributed by atoms with Crippen LogP contribution in [0.4, 0.5) is 5.95 Å². The number of aromatic amines is 1. The van der Waals surface area contributed by atoms with E-state index in [1.54, 1.807) is 6.33 Å². The number of H-pyrrole nitrogens is 1. The summed E-state index contributed by atoms with van der Waals surface area (Å²) in [6, 6.07) is 8.94. The molecule has 1 atom stereocenters. The summed E-state index contributed by atoms with van der Waals surface area (Å²) in [4.78, 5) is 19.4. The number of benzene rings is 1. The van der Waals surface area contributed by atoms with Crippen molar-refractivity contribution in [2.24, 2.45) is 0 Å². The van der Waals surface area contributed by atoms with Gasteiger partial charge >= 0.3 is 0 Å². The largest absolute Gasteiger partial charge is 0.352 e. The predicted octanol–water partition coefficient (Wildman–Crippen LogP) is 3.48. The van der Waals surface area contributed by atoms with Crippen LogP contribution in [0, 0.1) is 6.92 Å². The van der Waals surface area contributed by atoms with Crippen LogP contribution >= 0.6 is 0 Å². The third-order valence-electron chi connectivity index (χ3n) is 5.06. The van der Waals surface area contributed by atoms with Crippen LogP contribution in [0.5, 0.6) is 0 Å². The van der Waals surface area contributed by atoms with E-state index < -0.39 is 0 Å². The number of anilines is 1. The Morgan fingerprint density at radius 2 is 1.96 bits per heavy atom. The molecule has 1 aliphatic rings. The Kier molecular flexibility index (Phi) is 4.90. The Labute approximate surface area is 160 Å². The average Bonchev–Trinajstić information content (AvgIpc) is 3.12. The third-order valence-corrected chi connectivity index (χ3v) is 5.06. The van der Waals surface area contributed by atoms with E-state index in [9.17, 15) is 0 Å². The van der Waals surface area contributed by atoms with Crippen molar-refractivity contribution in [3.63, 3.8) is 0 Å². The first-order valence-electron chi connectivity index (χ1n) is 9.51. The quantitative estimate of drug-likeness (QED) is 0.727. The standard InChI is InChI=1S/C21H26N6/c1-14(2)26-21-22-10-17(11-23-21)20-19-18(24-13-25-19)8-9-27(20)12-16-7-5-4-6-15(16)3/h4-7,10-11,13-14,20H,8-9,12H2,1-3H3,(H,24,25)(H,22,23,26)/t20-/m0/s1. The fourth-order valence-electron chi connectivity index (χ4n) is 3.68. The first-order chi connectivity index (χ1) is 13.1. The molecule has 3 aromatic rings.